The maximum atomic E-state index is 12.2. The van der Waals surface area contributed by atoms with Gasteiger partial charge in [0.1, 0.15) is 12.4 Å². The minimum atomic E-state index is -0.204. The highest BCUT2D eigenvalue weighted by Gasteiger charge is 2.09. The number of benzene rings is 2. The normalized spacial score (nSPS) is 11.1. The first kappa shape index (κ1) is 20.5. The molecule has 7 heteroatoms. The Morgan fingerprint density at radius 1 is 1.24 bits per heavy atom. The molecule has 3 aromatic rings. The molecule has 0 bridgehead atoms. The molecule has 0 unspecified atom stereocenters. The molecule has 6 nitrogen and oxygen atoms in total. The van der Waals surface area contributed by atoms with Crippen LogP contribution in [0.5, 0.6) is 5.75 Å². The smallest absolute Gasteiger partial charge is 0.244 e. The van der Waals surface area contributed by atoms with Gasteiger partial charge in [-0.1, -0.05) is 42.5 Å². The molecule has 0 fully saturated rings. The largest absolute Gasteiger partial charge is 0.489 e. The van der Waals surface area contributed by atoms with Gasteiger partial charge in [-0.3, -0.25) is 9.89 Å². The van der Waals surface area contributed by atoms with Gasteiger partial charge in [0.15, 0.2) is 10.6 Å². The second kappa shape index (κ2) is 9.84. The highest BCUT2D eigenvalue weighted by molar-refractivity contribution is 7.71. The molecule has 0 aliphatic carbocycles. The van der Waals surface area contributed by atoms with E-state index in [1.807, 2.05) is 73.0 Å². The third kappa shape index (κ3) is 5.89. The zero-order valence-corrected chi connectivity index (χ0v) is 17.3. The van der Waals surface area contributed by atoms with Crippen molar-refractivity contribution >= 4 is 24.2 Å². The molecule has 1 amide bonds. The highest BCUT2D eigenvalue weighted by Crippen LogP contribution is 2.16. The van der Waals surface area contributed by atoms with Crippen molar-refractivity contribution in [2.24, 2.45) is 0 Å². The predicted octanol–water partition coefficient (Wildman–Crippen LogP) is 4.43. The number of hydrogen-bond acceptors (Lipinski definition) is 4. The lowest BCUT2D eigenvalue weighted by atomic mass is 10.2. The molecule has 150 valence electrons. The average molecular weight is 409 g/mol. The van der Waals surface area contributed by atoms with Gasteiger partial charge >= 0.3 is 0 Å². The molecule has 0 saturated heterocycles. The summed E-state index contributed by atoms with van der Waals surface area (Å²) in [4.78, 5) is 12.2. The molecule has 3 rings (SSSR count). The molecule has 0 atom stereocenters. The zero-order valence-electron chi connectivity index (χ0n) is 16.5. The van der Waals surface area contributed by atoms with E-state index in [2.05, 4.69) is 15.5 Å². The first-order valence-corrected chi connectivity index (χ1v) is 9.82. The number of carbonyl (C=O) groups excluding carboxylic acids is 1. The van der Waals surface area contributed by atoms with Crippen LogP contribution in [0.2, 0.25) is 0 Å². The SMILES string of the molecule is CC(C)n1c(CNC(=O)C=Cc2cccc(OCc3ccccc3)c2)n[nH]c1=S. The van der Waals surface area contributed by atoms with Crippen LogP contribution in [0.3, 0.4) is 0 Å². The molecule has 2 N–H and O–H groups in total. The Bertz CT molecular complexity index is 1040. The Labute approximate surface area is 175 Å². The topological polar surface area (TPSA) is 71.9 Å². The van der Waals surface area contributed by atoms with E-state index in [0.29, 0.717) is 23.7 Å². The maximum absolute atomic E-state index is 12.2. The first-order chi connectivity index (χ1) is 14.0. The fraction of sp³-hybridized carbons (Fsp3) is 0.227. The Hall–Kier alpha value is -3.19. The van der Waals surface area contributed by atoms with Crippen LogP contribution in [0.1, 0.15) is 36.8 Å². The van der Waals surface area contributed by atoms with E-state index in [1.54, 1.807) is 6.08 Å². The van der Waals surface area contributed by atoms with E-state index in [-0.39, 0.29) is 11.9 Å². The van der Waals surface area contributed by atoms with E-state index in [1.165, 1.54) is 6.08 Å². The van der Waals surface area contributed by atoms with Crippen molar-refractivity contribution in [2.75, 3.05) is 0 Å². The Balaban J connectivity index is 1.55. The Kier molecular flexibility index (Phi) is 6.97. The third-order valence-electron chi connectivity index (χ3n) is 4.25. The molecule has 0 radical (unpaired) electrons. The fourth-order valence-electron chi connectivity index (χ4n) is 2.84. The summed E-state index contributed by atoms with van der Waals surface area (Å²) in [6.07, 6.45) is 3.25. The van der Waals surface area contributed by atoms with Crippen molar-refractivity contribution in [3.05, 3.63) is 82.4 Å². The number of hydrogen-bond donors (Lipinski definition) is 2. The zero-order chi connectivity index (χ0) is 20.6. The van der Waals surface area contributed by atoms with Gasteiger partial charge in [-0.2, -0.15) is 5.10 Å². The molecular weight excluding hydrogens is 384 g/mol. The number of aromatic nitrogens is 3. The molecule has 0 spiro atoms. The molecule has 29 heavy (non-hydrogen) atoms. The van der Waals surface area contributed by atoms with Crippen LogP contribution in [-0.2, 0) is 17.9 Å². The van der Waals surface area contributed by atoms with Crippen LogP contribution in [0.15, 0.2) is 60.7 Å². The van der Waals surface area contributed by atoms with Crippen molar-refractivity contribution in [1.29, 1.82) is 0 Å². The number of aromatic amines is 1. The lowest BCUT2D eigenvalue weighted by Crippen LogP contribution is -2.23. The fourth-order valence-corrected chi connectivity index (χ4v) is 3.20. The number of rotatable bonds is 8. The number of H-pyrrole nitrogens is 1. The second-order valence-corrected chi connectivity index (χ2v) is 7.19. The average Bonchev–Trinajstić information content (AvgIpc) is 3.11. The highest BCUT2D eigenvalue weighted by atomic mass is 32.1. The van der Waals surface area contributed by atoms with Gasteiger partial charge in [0.2, 0.25) is 5.91 Å². The summed E-state index contributed by atoms with van der Waals surface area (Å²) in [6, 6.07) is 17.8. The summed E-state index contributed by atoms with van der Waals surface area (Å²) >= 11 is 5.22. The maximum Gasteiger partial charge on any atom is 0.244 e. The number of nitrogens with one attached hydrogen (secondary N) is 2. The molecule has 0 saturated carbocycles. The number of amides is 1. The van der Waals surface area contributed by atoms with E-state index in [4.69, 9.17) is 17.0 Å². The summed E-state index contributed by atoms with van der Waals surface area (Å²) in [5, 5.41) is 9.77. The van der Waals surface area contributed by atoms with Gasteiger partial charge in [0.05, 0.1) is 6.54 Å². The summed E-state index contributed by atoms with van der Waals surface area (Å²) < 4.78 is 8.25. The van der Waals surface area contributed by atoms with E-state index < -0.39 is 0 Å². The summed E-state index contributed by atoms with van der Waals surface area (Å²) in [6.45, 7) is 4.83. The minimum absolute atomic E-state index is 0.169. The Morgan fingerprint density at radius 3 is 2.79 bits per heavy atom. The molecular formula is C22H24N4O2S. The quantitative estimate of drug-likeness (QED) is 0.427. The number of carbonyl (C=O) groups is 1. The van der Waals surface area contributed by atoms with E-state index in [9.17, 15) is 4.79 Å². The van der Waals surface area contributed by atoms with Crippen molar-refractivity contribution in [3.8, 4) is 5.75 Å². The van der Waals surface area contributed by atoms with Crippen molar-refractivity contribution in [1.82, 2.24) is 20.1 Å². The summed E-state index contributed by atoms with van der Waals surface area (Å²) in [7, 11) is 0. The predicted molar refractivity (Wildman–Crippen MR) is 116 cm³/mol. The van der Waals surface area contributed by atoms with Gasteiger partial charge in [0.25, 0.3) is 0 Å². The van der Waals surface area contributed by atoms with Crippen LogP contribution in [0.4, 0.5) is 0 Å². The van der Waals surface area contributed by atoms with Crippen LogP contribution in [0, 0.1) is 4.77 Å². The van der Waals surface area contributed by atoms with Gasteiger partial charge < -0.3 is 14.6 Å². The molecule has 0 aliphatic rings. The summed E-state index contributed by atoms with van der Waals surface area (Å²) in [5.74, 6) is 1.25. The molecule has 2 aromatic carbocycles. The van der Waals surface area contributed by atoms with Crippen molar-refractivity contribution < 1.29 is 9.53 Å². The van der Waals surface area contributed by atoms with Gasteiger partial charge in [-0.05, 0) is 55.4 Å². The summed E-state index contributed by atoms with van der Waals surface area (Å²) in [5.41, 5.74) is 1.99. The van der Waals surface area contributed by atoms with Crippen LogP contribution >= 0.6 is 12.2 Å². The van der Waals surface area contributed by atoms with Gasteiger partial charge in [-0.25, -0.2) is 0 Å². The monoisotopic (exact) mass is 408 g/mol. The second-order valence-electron chi connectivity index (χ2n) is 6.81. The van der Waals surface area contributed by atoms with E-state index >= 15 is 0 Å². The molecule has 1 aromatic heterocycles. The number of nitrogens with zero attached hydrogens (tertiary/aromatic N) is 2. The number of ether oxygens (including phenoxy) is 1. The van der Waals surface area contributed by atoms with E-state index in [0.717, 1.165) is 16.9 Å². The minimum Gasteiger partial charge on any atom is -0.489 e. The van der Waals surface area contributed by atoms with Crippen LogP contribution in [-0.4, -0.2) is 20.7 Å². The van der Waals surface area contributed by atoms with Gasteiger partial charge in [-0.15, -0.1) is 0 Å². The molecule has 0 aliphatic heterocycles. The third-order valence-corrected chi connectivity index (χ3v) is 4.54. The van der Waals surface area contributed by atoms with Crippen LogP contribution < -0.4 is 10.1 Å². The molecule has 1 heterocycles. The lowest BCUT2D eigenvalue weighted by molar-refractivity contribution is -0.116. The lowest BCUT2D eigenvalue weighted by Gasteiger charge is -2.10. The van der Waals surface area contributed by atoms with Crippen molar-refractivity contribution in [2.45, 2.75) is 33.0 Å². The first-order valence-electron chi connectivity index (χ1n) is 9.41. The van der Waals surface area contributed by atoms with Gasteiger partial charge in [0, 0.05) is 12.1 Å². The van der Waals surface area contributed by atoms with Crippen molar-refractivity contribution in [3.63, 3.8) is 0 Å². The van der Waals surface area contributed by atoms with Crippen LogP contribution in [0.25, 0.3) is 6.08 Å². The Morgan fingerprint density at radius 2 is 2.03 bits per heavy atom. The standard InChI is InChI=1S/C22H24N4O2S/c1-16(2)26-20(24-25-22(26)29)14-23-21(27)12-11-17-9-6-10-19(13-17)28-15-18-7-4-3-5-8-18/h3-13,16H,14-15H2,1-2H3,(H,23,27)(H,25,29).